The summed E-state index contributed by atoms with van der Waals surface area (Å²) < 4.78 is 21.6. The number of nitrogens with one attached hydrogen (secondary N) is 1. The van der Waals surface area contributed by atoms with Gasteiger partial charge in [0, 0.05) is 22.9 Å². The lowest BCUT2D eigenvalue weighted by Crippen LogP contribution is -2.13. The smallest absolute Gasteiger partial charge is 0.255 e. The van der Waals surface area contributed by atoms with Crippen molar-refractivity contribution in [2.45, 2.75) is 6.61 Å². The Hall–Kier alpha value is -3.38. The van der Waals surface area contributed by atoms with E-state index in [4.69, 9.17) is 30.5 Å². The summed E-state index contributed by atoms with van der Waals surface area (Å²) in [5.41, 5.74) is 1.77. The fourth-order valence-electron chi connectivity index (χ4n) is 2.83. The Kier molecular flexibility index (Phi) is 7.03. The van der Waals surface area contributed by atoms with Crippen molar-refractivity contribution in [2.24, 2.45) is 0 Å². The van der Waals surface area contributed by atoms with E-state index < -0.39 is 0 Å². The number of methoxy groups -OCH3 is 3. The van der Waals surface area contributed by atoms with Crippen LogP contribution in [0.2, 0.25) is 5.02 Å². The molecule has 0 radical (unpaired) electrons. The average molecular weight is 428 g/mol. The molecule has 3 rings (SSSR count). The molecule has 30 heavy (non-hydrogen) atoms. The molecule has 0 atom stereocenters. The number of carbonyl (C=O) groups is 1. The maximum Gasteiger partial charge on any atom is 0.255 e. The fourth-order valence-corrected chi connectivity index (χ4v) is 3.09. The largest absolute Gasteiger partial charge is 0.497 e. The van der Waals surface area contributed by atoms with Gasteiger partial charge in [-0.15, -0.1) is 0 Å². The predicted molar refractivity (Wildman–Crippen MR) is 116 cm³/mol. The van der Waals surface area contributed by atoms with E-state index in [0.29, 0.717) is 39.3 Å². The molecule has 0 aromatic heterocycles. The number of rotatable bonds is 8. The minimum absolute atomic E-state index is 0.228. The van der Waals surface area contributed by atoms with Crippen molar-refractivity contribution >= 4 is 23.2 Å². The second-order valence-electron chi connectivity index (χ2n) is 6.30. The first-order chi connectivity index (χ1) is 14.5. The van der Waals surface area contributed by atoms with Gasteiger partial charge in [0.25, 0.3) is 5.91 Å². The molecular formula is C23H22ClNO5. The van der Waals surface area contributed by atoms with E-state index in [2.05, 4.69) is 5.32 Å². The monoisotopic (exact) mass is 427 g/mol. The van der Waals surface area contributed by atoms with Crippen LogP contribution in [0.3, 0.4) is 0 Å². The first kappa shape index (κ1) is 21.3. The second kappa shape index (κ2) is 9.89. The molecule has 1 N–H and O–H groups in total. The standard InChI is InChI=1S/C23H22ClNO5/c1-27-18-5-4-6-19(13-18)30-14-16-11-15(7-9-21(16)28-2)23(26)25-17-8-10-22(29-3)20(24)12-17/h4-13H,14H2,1-3H3,(H,25,26). The van der Waals surface area contributed by atoms with Gasteiger partial charge in [0.1, 0.15) is 29.6 Å². The van der Waals surface area contributed by atoms with Crippen LogP contribution in [-0.4, -0.2) is 27.2 Å². The third-order valence-corrected chi connectivity index (χ3v) is 4.68. The van der Waals surface area contributed by atoms with E-state index in [1.165, 1.54) is 7.11 Å². The molecule has 0 heterocycles. The summed E-state index contributed by atoms with van der Waals surface area (Å²) in [5.74, 6) is 2.24. The van der Waals surface area contributed by atoms with Crippen molar-refractivity contribution in [3.05, 3.63) is 76.8 Å². The van der Waals surface area contributed by atoms with Gasteiger partial charge in [0.2, 0.25) is 0 Å². The summed E-state index contributed by atoms with van der Waals surface area (Å²) >= 11 is 6.13. The highest BCUT2D eigenvalue weighted by atomic mass is 35.5. The zero-order valence-corrected chi connectivity index (χ0v) is 17.7. The van der Waals surface area contributed by atoms with Gasteiger partial charge in [0.15, 0.2) is 0 Å². The first-order valence-corrected chi connectivity index (χ1v) is 9.50. The minimum atomic E-state index is -0.276. The normalized spacial score (nSPS) is 10.3. The van der Waals surface area contributed by atoms with Crippen LogP contribution in [0.25, 0.3) is 0 Å². The number of hydrogen-bond donors (Lipinski definition) is 1. The van der Waals surface area contributed by atoms with Gasteiger partial charge < -0.3 is 24.3 Å². The molecule has 0 bridgehead atoms. The summed E-state index contributed by atoms with van der Waals surface area (Å²) in [4.78, 5) is 12.7. The number of benzene rings is 3. The summed E-state index contributed by atoms with van der Waals surface area (Å²) in [6, 6.07) is 17.5. The summed E-state index contributed by atoms with van der Waals surface area (Å²) in [6.07, 6.45) is 0. The van der Waals surface area contributed by atoms with Crippen molar-refractivity contribution in [1.29, 1.82) is 0 Å². The van der Waals surface area contributed by atoms with Gasteiger partial charge in [-0.1, -0.05) is 17.7 Å². The third-order valence-electron chi connectivity index (χ3n) is 4.39. The van der Waals surface area contributed by atoms with Crippen molar-refractivity contribution in [3.63, 3.8) is 0 Å². The fraction of sp³-hybridized carbons (Fsp3) is 0.174. The lowest BCUT2D eigenvalue weighted by Gasteiger charge is -2.13. The summed E-state index contributed by atoms with van der Waals surface area (Å²) in [7, 11) is 4.70. The molecule has 0 saturated heterocycles. The van der Waals surface area contributed by atoms with Crippen molar-refractivity contribution in [1.82, 2.24) is 0 Å². The molecule has 1 amide bonds. The Morgan fingerprint density at radius 2 is 1.60 bits per heavy atom. The molecule has 156 valence electrons. The average Bonchev–Trinajstić information content (AvgIpc) is 2.77. The molecule has 0 aliphatic carbocycles. The van der Waals surface area contributed by atoms with Crippen molar-refractivity contribution < 1.29 is 23.7 Å². The molecule has 0 saturated carbocycles. The molecule has 0 aliphatic heterocycles. The molecule has 3 aromatic rings. The van der Waals surface area contributed by atoms with Gasteiger partial charge in [-0.2, -0.15) is 0 Å². The van der Waals surface area contributed by atoms with Crippen LogP contribution >= 0.6 is 11.6 Å². The molecule has 3 aromatic carbocycles. The zero-order valence-electron chi connectivity index (χ0n) is 16.9. The van der Waals surface area contributed by atoms with Crippen LogP contribution in [0.15, 0.2) is 60.7 Å². The number of hydrogen-bond acceptors (Lipinski definition) is 5. The lowest BCUT2D eigenvalue weighted by molar-refractivity contribution is 0.102. The number of ether oxygens (including phenoxy) is 4. The van der Waals surface area contributed by atoms with E-state index in [1.807, 2.05) is 18.2 Å². The summed E-state index contributed by atoms with van der Waals surface area (Å²) in [6.45, 7) is 0.228. The molecular weight excluding hydrogens is 406 g/mol. The van der Waals surface area contributed by atoms with Crippen LogP contribution in [0.5, 0.6) is 23.0 Å². The number of anilines is 1. The van der Waals surface area contributed by atoms with E-state index in [9.17, 15) is 4.79 Å². The Bertz CT molecular complexity index is 1040. The molecule has 0 fully saturated rings. The maximum absolute atomic E-state index is 12.7. The van der Waals surface area contributed by atoms with E-state index >= 15 is 0 Å². The van der Waals surface area contributed by atoms with Crippen LogP contribution in [0, 0.1) is 0 Å². The van der Waals surface area contributed by atoms with E-state index in [1.54, 1.807) is 56.7 Å². The van der Waals surface area contributed by atoms with Crippen molar-refractivity contribution in [3.8, 4) is 23.0 Å². The Morgan fingerprint density at radius 3 is 2.30 bits per heavy atom. The van der Waals surface area contributed by atoms with Gasteiger partial charge in [-0.3, -0.25) is 4.79 Å². The second-order valence-corrected chi connectivity index (χ2v) is 6.70. The molecule has 6 nitrogen and oxygen atoms in total. The van der Waals surface area contributed by atoms with Crippen molar-refractivity contribution in [2.75, 3.05) is 26.6 Å². The lowest BCUT2D eigenvalue weighted by atomic mass is 10.1. The SMILES string of the molecule is COc1cccc(OCc2cc(C(=O)Nc3ccc(OC)c(Cl)c3)ccc2OC)c1. The van der Waals surface area contributed by atoms with Crippen LogP contribution < -0.4 is 24.3 Å². The van der Waals surface area contributed by atoms with Crippen LogP contribution in [0.4, 0.5) is 5.69 Å². The Labute approximate surface area is 180 Å². The quantitative estimate of drug-likeness (QED) is 0.535. The van der Waals surface area contributed by atoms with Crippen LogP contribution in [-0.2, 0) is 6.61 Å². The third kappa shape index (κ3) is 5.15. The van der Waals surface area contributed by atoms with Crippen LogP contribution in [0.1, 0.15) is 15.9 Å². The topological polar surface area (TPSA) is 66.0 Å². The van der Waals surface area contributed by atoms with Gasteiger partial charge in [-0.05, 0) is 48.5 Å². The van der Waals surface area contributed by atoms with E-state index in [0.717, 1.165) is 5.56 Å². The molecule has 0 spiro atoms. The Balaban J connectivity index is 1.75. The predicted octanol–water partition coefficient (Wildman–Crippen LogP) is 5.20. The minimum Gasteiger partial charge on any atom is -0.497 e. The molecule has 0 unspecified atom stereocenters. The number of carbonyl (C=O) groups excluding carboxylic acids is 1. The first-order valence-electron chi connectivity index (χ1n) is 9.12. The summed E-state index contributed by atoms with van der Waals surface area (Å²) in [5, 5.41) is 3.24. The van der Waals surface area contributed by atoms with Gasteiger partial charge in [-0.25, -0.2) is 0 Å². The maximum atomic E-state index is 12.7. The highest BCUT2D eigenvalue weighted by Gasteiger charge is 2.12. The zero-order chi connectivity index (χ0) is 21.5. The highest BCUT2D eigenvalue weighted by molar-refractivity contribution is 6.32. The number of halogens is 1. The van der Waals surface area contributed by atoms with Gasteiger partial charge >= 0.3 is 0 Å². The Morgan fingerprint density at radius 1 is 0.867 bits per heavy atom. The molecule has 7 heteroatoms. The highest BCUT2D eigenvalue weighted by Crippen LogP contribution is 2.28. The van der Waals surface area contributed by atoms with E-state index in [-0.39, 0.29) is 12.5 Å². The molecule has 0 aliphatic rings. The number of amides is 1. The van der Waals surface area contributed by atoms with Gasteiger partial charge in [0.05, 0.1) is 26.4 Å².